The van der Waals surface area contributed by atoms with Gasteiger partial charge < -0.3 is 9.15 Å². The lowest BCUT2D eigenvalue weighted by Crippen LogP contribution is -2.30. The zero-order chi connectivity index (χ0) is 24.5. The van der Waals surface area contributed by atoms with Gasteiger partial charge in [-0.1, -0.05) is 53.9 Å². The Kier molecular flexibility index (Phi) is 6.43. The first kappa shape index (κ1) is 23.3. The van der Waals surface area contributed by atoms with E-state index in [4.69, 9.17) is 9.15 Å². The van der Waals surface area contributed by atoms with Crippen LogP contribution in [0.15, 0.2) is 74.3 Å². The molecule has 1 atom stereocenters. The zero-order valence-corrected chi connectivity index (χ0v) is 21.2. The van der Waals surface area contributed by atoms with E-state index in [0.717, 1.165) is 35.0 Å². The highest BCUT2D eigenvalue weighted by Crippen LogP contribution is 2.41. The van der Waals surface area contributed by atoms with E-state index in [1.807, 2.05) is 43.3 Å². The van der Waals surface area contributed by atoms with E-state index in [2.05, 4.69) is 27.8 Å². The summed E-state index contributed by atoms with van der Waals surface area (Å²) in [6.07, 6.45) is 3.18. The third-order valence-corrected chi connectivity index (χ3v) is 6.64. The summed E-state index contributed by atoms with van der Waals surface area (Å²) in [4.78, 5) is 33.6. The number of fused-ring (bicyclic) bond motifs is 2. The summed E-state index contributed by atoms with van der Waals surface area (Å²) in [6, 6.07) is 17.6. The second-order valence-electron chi connectivity index (χ2n) is 8.66. The number of ether oxygens (including phenoxy) is 1. The molecule has 6 nitrogen and oxygen atoms in total. The smallest absolute Gasteiger partial charge is 0.296 e. The van der Waals surface area contributed by atoms with Crippen molar-refractivity contribution < 1.29 is 13.9 Å². The molecule has 2 aromatic heterocycles. The highest BCUT2D eigenvalue weighted by molar-refractivity contribution is 9.10. The molecule has 7 heteroatoms. The average Bonchev–Trinajstić information content (AvgIpc) is 3.15. The summed E-state index contributed by atoms with van der Waals surface area (Å²) in [5, 5.41) is 0.418. The minimum absolute atomic E-state index is 0.0485. The summed E-state index contributed by atoms with van der Waals surface area (Å²) in [7, 11) is 0. The number of carbonyl (C=O) groups excluding carboxylic acids is 1. The van der Waals surface area contributed by atoms with Crippen LogP contribution >= 0.6 is 15.9 Å². The molecule has 0 radical (unpaired) electrons. The Morgan fingerprint density at radius 2 is 1.89 bits per heavy atom. The molecule has 0 saturated heterocycles. The highest BCUT2D eigenvalue weighted by atomic mass is 79.9. The van der Waals surface area contributed by atoms with Gasteiger partial charge >= 0.3 is 0 Å². The van der Waals surface area contributed by atoms with E-state index in [1.165, 1.54) is 0 Å². The van der Waals surface area contributed by atoms with Gasteiger partial charge in [-0.3, -0.25) is 14.5 Å². The van der Waals surface area contributed by atoms with Crippen molar-refractivity contribution in [1.82, 2.24) is 4.98 Å². The fourth-order valence-corrected chi connectivity index (χ4v) is 4.84. The first-order valence-corrected chi connectivity index (χ1v) is 12.5. The molecule has 0 N–H and O–H groups in total. The summed E-state index contributed by atoms with van der Waals surface area (Å²) in [5.41, 5.74) is 1.98. The molecule has 1 aliphatic heterocycles. The van der Waals surface area contributed by atoms with Crippen molar-refractivity contribution in [3.05, 3.63) is 97.9 Å². The third kappa shape index (κ3) is 4.36. The van der Waals surface area contributed by atoms with Crippen LogP contribution in [-0.4, -0.2) is 17.5 Å². The number of rotatable bonds is 7. The molecule has 178 valence electrons. The van der Waals surface area contributed by atoms with Crippen LogP contribution in [-0.2, 0) is 0 Å². The van der Waals surface area contributed by atoms with Gasteiger partial charge in [0.15, 0.2) is 5.43 Å². The maximum Gasteiger partial charge on any atom is 0.296 e. The number of halogens is 1. The van der Waals surface area contributed by atoms with Crippen LogP contribution in [0.3, 0.4) is 0 Å². The molecule has 0 aliphatic carbocycles. The lowest BCUT2D eigenvalue weighted by atomic mass is 9.98. The number of anilines is 1. The number of aryl methyl sites for hydroxylation is 1. The van der Waals surface area contributed by atoms with Gasteiger partial charge in [-0.15, -0.1) is 0 Å². The standard InChI is InChI=1S/C28H25BrN2O4/c1-3-4-5-14-34-20-10-7-9-18(15-20)25-24-26(32)21-16-19(29)12-13-22(21)35-27(24)28(33)31(25)23-11-6-8-17(2)30-23/h6-13,15-16,25H,3-5,14H2,1-2H3. The number of carbonyl (C=O) groups is 1. The molecule has 0 fully saturated rings. The molecule has 5 rings (SSSR count). The lowest BCUT2D eigenvalue weighted by molar-refractivity contribution is 0.0970. The van der Waals surface area contributed by atoms with E-state index < -0.39 is 6.04 Å². The van der Waals surface area contributed by atoms with Gasteiger partial charge in [0.1, 0.15) is 17.2 Å². The van der Waals surface area contributed by atoms with E-state index in [0.29, 0.717) is 34.7 Å². The van der Waals surface area contributed by atoms with Gasteiger partial charge in [0.05, 0.1) is 23.6 Å². The Morgan fingerprint density at radius 1 is 1.06 bits per heavy atom. The molecule has 4 aromatic rings. The number of hydrogen-bond donors (Lipinski definition) is 0. The van der Waals surface area contributed by atoms with Crippen LogP contribution in [0.2, 0.25) is 0 Å². The molecule has 0 bridgehead atoms. The fourth-order valence-electron chi connectivity index (χ4n) is 4.48. The second-order valence-corrected chi connectivity index (χ2v) is 9.57. The first-order chi connectivity index (χ1) is 17.0. The molecule has 1 amide bonds. The first-order valence-electron chi connectivity index (χ1n) is 11.7. The molecular formula is C28H25BrN2O4. The molecule has 3 heterocycles. The normalized spacial score (nSPS) is 15.0. The van der Waals surface area contributed by atoms with Gasteiger partial charge in [-0.2, -0.15) is 0 Å². The third-order valence-electron chi connectivity index (χ3n) is 6.14. The Labute approximate surface area is 211 Å². The molecule has 0 spiro atoms. The minimum Gasteiger partial charge on any atom is -0.494 e. The van der Waals surface area contributed by atoms with Crippen LogP contribution in [0.1, 0.15) is 59.6 Å². The van der Waals surface area contributed by atoms with Crippen molar-refractivity contribution in [2.24, 2.45) is 0 Å². The van der Waals surface area contributed by atoms with Crippen LogP contribution < -0.4 is 15.1 Å². The number of nitrogens with zero attached hydrogens (tertiary/aromatic N) is 2. The van der Waals surface area contributed by atoms with Crippen LogP contribution in [0.4, 0.5) is 5.82 Å². The highest BCUT2D eigenvalue weighted by Gasteiger charge is 2.44. The van der Waals surface area contributed by atoms with Gasteiger partial charge in [-0.25, -0.2) is 4.98 Å². The van der Waals surface area contributed by atoms with Gasteiger partial charge in [-0.05, 0) is 61.4 Å². The second kappa shape index (κ2) is 9.66. The van der Waals surface area contributed by atoms with E-state index >= 15 is 0 Å². The van der Waals surface area contributed by atoms with Crippen molar-refractivity contribution in [1.29, 1.82) is 0 Å². The predicted molar refractivity (Wildman–Crippen MR) is 139 cm³/mol. The number of benzene rings is 2. The van der Waals surface area contributed by atoms with Crippen molar-refractivity contribution in [3.63, 3.8) is 0 Å². The van der Waals surface area contributed by atoms with Gasteiger partial charge in [0.25, 0.3) is 5.91 Å². The topological polar surface area (TPSA) is 72.6 Å². The van der Waals surface area contributed by atoms with Crippen molar-refractivity contribution in [3.8, 4) is 5.75 Å². The quantitative estimate of drug-likeness (QED) is 0.251. The largest absolute Gasteiger partial charge is 0.494 e. The minimum atomic E-state index is -0.689. The van der Waals surface area contributed by atoms with Gasteiger partial charge in [0.2, 0.25) is 5.76 Å². The Balaban J connectivity index is 1.68. The maximum absolute atomic E-state index is 13.8. The van der Waals surface area contributed by atoms with E-state index in [1.54, 1.807) is 29.2 Å². The van der Waals surface area contributed by atoms with Crippen molar-refractivity contribution in [2.75, 3.05) is 11.5 Å². The summed E-state index contributed by atoms with van der Waals surface area (Å²) >= 11 is 3.44. The maximum atomic E-state index is 13.8. The monoisotopic (exact) mass is 532 g/mol. The molecule has 1 aliphatic rings. The van der Waals surface area contributed by atoms with Crippen LogP contribution in [0.5, 0.6) is 5.75 Å². The lowest BCUT2D eigenvalue weighted by Gasteiger charge is -2.24. The molecule has 2 aromatic carbocycles. The summed E-state index contributed by atoms with van der Waals surface area (Å²) in [5.74, 6) is 0.821. The average molecular weight is 533 g/mol. The Hall–Kier alpha value is -3.45. The number of aromatic nitrogens is 1. The molecular weight excluding hydrogens is 508 g/mol. The predicted octanol–water partition coefficient (Wildman–Crippen LogP) is 6.58. The van der Waals surface area contributed by atoms with Crippen molar-refractivity contribution in [2.45, 2.75) is 39.2 Å². The van der Waals surface area contributed by atoms with E-state index in [9.17, 15) is 9.59 Å². The Morgan fingerprint density at radius 3 is 2.69 bits per heavy atom. The molecule has 0 saturated carbocycles. The van der Waals surface area contributed by atoms with E-state index in [-0.39, 0.29) is 17.1 Å². The number of pyridine rings is 1. The Bertz CT molecular complexity index is 1480. The molecule has 1 unspecified atom stereocenters. The van der Waals surface area contributed by atoms with Crippen molar-refractivity contribution >= 4 is 38.6 Å². The van der Waals surface area contributed by atoms with Gasteiger partial charge in [0, 0.05) is 10.2 Å². The number of hydrogen-bond acceptors (Lipinski definition) is 5. The number of unbranched alkanes of at least 4 members (excludes halogenated alkanes) is 2. The molecule has 35 heavy (non-hydrogen) atoms. The summed E-state index contributed by atoms with van der Waals surface area (Å²) < 4.78 is 12.8. The van der Waals surface area contributed by atoms with Crippen LogP contribution in [0, 0.1) is 6.92 Å². The number of amides is 1. The zero-order valence-electron chi connectivity index (χ0n) is 19.6. The van der Waals surface area contributed by atoms with Crippen LogP contribution in [0.25, 0.3) is 11.0 Å². The fraction of sp³-hybridized carbons (Fsp3) is 0.250. The SMILES string of the molecule is CCCCCOc1cccc(C2c3c(oc4ccc(Br)cc4c3=O)C(=O)N2c2cccc(C)n2)c1. The summed E-state index contributed by atoms with van der Waals surface area (Å²) in [6.45, 7) is 4.63.